The van der Waals surface area contributed by atoms with E-state index < -0.39 is 11.9 Å². The number of aliphatic carboxylic acids is 1. The highest BCUT2D eigenvalue weighted by atomic mass is 16.4. The maximum Gasteiger partial charge on any atom is 0.310 e. The van der Waals surface area contributed by atoms with Gasteiger partial charge in [0, 0.05) is 18.3 Å². The van der Waals surface area contributed by atoms with Crippen molar-refractivity contribution in [3.8, 4) is 0 Å². The number of hydrogen-bond donors (Lipinski definition) is 1. The summed E-state index contributed by atoms with van der Waals surface area (Å²) in [5, 5.41) is 9.05. The molecule has 2 unspecified atom stereocenters. The lowest BCUT2D eigenvalue weighted by Gasteiger charge is -2.23. The summed E-state index contributed by atoms with van der Waals surface area (Å²) < 4.78 is 0. The van der Waals surface area contributed by atoms with Crippen LogP contribution in [-0.2, 0) is 11.2 Å². The molecular formula is C14H19NO2. The van der Waals surface area contributed by atoms with Crippen LogP contribution in [-0.4, -0.2) is 23.7 Å². The Morgan fingerprint density at radius 1 is 1.59 bits per heavy atom. The molecule has 1 aromatic carbocycles. The zero-order valence-corrected chi connectivity index (χ0v) is 10.6. The van der Waals surface area contributed by atoms with E-state index in [9.17, 15) is 4.79 Å². The van der Waals surface area contributed by atoms with E-state index in [0.717, 1.165) is 18.5 Å². The van der Waals surface area contributed by atoms with Crippen LogP contribution in [0.5, 0.6) is 0 Å². The predicted molar refractivity (Wildman–Crippen MR) is 68.7 cm³/mol. The number of carboxylic acid groups (broad SMARTS) is 1. The number of carboxylic acids is 1. The van der Waals surface area contributed by atoms with Crippen molar-refractivity contribution in [1.29, 1.82) is 0 Å². The van der Waals surface area contributed by atoms with Crippen molar-refractivity contribution < 1.29 is 9.90 Å². The van der Waals surface area contributed by atoms with Gasteiger partial charge in [0.15, 0.2) is 0 Å². The van der Waals surface area contributed by atoms with E-state index in [2.05, 4.69) is 24.8 Å². The van der Waals surface area contributed by atoms with Crippen molar-refractivity contribution in [2.75, 3.05) is 11.4 Å². The summed E-state index contributed by atoms with van der Waals surface area (Å²) >= 11 is 0. The van der Waals surface area contributed by atoms with Gasteiger partial charge >= 0.3 is 5.97 Å². The summed E-state index contributed by atoms with van der Waals surface area (Å²) in [5.41, 5.74) is 3.44. The summed E-state index contributed by atoms with van der Waals surface area (Å²) in [4.78, 5) is 13.3. The van der Waals surface area contributed by atoms with Gasteiger partial charge < -0.3 is 10.0 Å². The molecule has 2 atom stereocenters. The molecule has 0 radical (unpaired) electrons. The maximum atomic E-state index is 11.0. The fraction of sp³-hybridized carbons (Fsp3) is 0.500. The minimum Gasteiger partial charge on any atom is -0.481 e. The van der Waals surface area contributed by atoms with Crippen LogP contribution in [0.25, 0.3) is 0 Å². The molecule has 1 heterocycles. The minimum atomic E-state index is -0.765. The van der Waals surface area contributed by atoms with Crippen LogP contribution in [0.1, 0.15) is 37.8 Å². The predicted octanol–water partition coefficient (Wildman–Crippen LogP) is 2.65. The third-order valence-corrected chi connectivity index (χ3v) is 3.68. The molecule has 0 amide bonds. The van der Waals surface area contributed by atoms with Crippen LogP contribution >= 0.6 is 0 Å². The topological polar surface area (TPSA) is 40.5 Å². The van der Waals surface area contributed by atoms with Crippen LogP contribution in [0.4, 0.5) is 5.69 Å². The summed E-state index contributed by atoms with van der Waals surface area (Å²) in [6.45, 7) is 7.06. The lowest BCUT2D eigenvalue weighted by Crippen LogP contribution is -2.28. The standard InChI is InChI=1S/C14H19NO2/c1-4-15-9(2)7-12-6-5-11(8-13(12)15)10(3)14(16)17/h5-6,8-10H,4,7H2,1-3H3,(H,16,17). The van der Waals surface area contributed by atoms with Gasteiger partial charge in [0.25, 0.3) is 0 Å². The van der Waals surface area contributed by atoms with Crippen molar-refractivity contribution in [3.05, 3.63) is 29.3 Å². The molecule has 17 heavy (non-hydrogen) atoms. The van der Waals surface area contributed by atoms with E-state index in [0.29, 0.717) is 6.04 Å². The van der Waals surface area contributed by atoms with Crippen LogP contribution in [0.2, 0.25) is 0 Å². The van der Waals surface area contributed by atoms with Gasteiger partial charge in [-0.25, -0.2) is 0 Å². The summed E-state index contributed by atoms with van der Waals surface area (Å²) in [7, 11) is 0. The van der Waals surface area contributed by atoms with Crippen molar-refractivity contribution in [2.45, 2.75) is 39.2 Å². The second-order valence-electron chi connectivity index (χ2n) is 4.79. The minimum absolute atomic E-state index is 0.435. The van der Waals surface area contributed by atoms with Crippen molar-refractivity contribution in [3.63, 3.8) is 0 Å². The zero-order valence-electron chi connectivity index (χ0n) is 10.6. The second kappa shape index (κ2) is 4.40. The Balaban J connectivity index is 2.38. The SMILES string of the molecule is CCN1c2cc(C(C)C(=O)O)ccc2CC1C. The summed E-state index contributed by atoms with van der Waals surface area (Å²) in [6, 6.07) is 6.59. The van der Waals surface area contributed by atoms with Gasteiger partial charge in [0.2, 0.25) is 0 Å². The molecule has 3 heteroatoms. The Labute approximate surface area is 102 Å². The highest BCUT2D eigenvalue weighted by Crippen LogP contribution is 2.34. The average molecular weight is 233 g/mol. The molecular weight excluding hydrogens is 214 g/mol. The molecule has 1 aliphatic heterocycles. The first-order valence-corrected chi connectivity index (χ1v) is 6.16. The fourth-order valence-corrected chi connectivity index (χ4v) is 2.58. The van der Waals surface area contributed by atoms with E-state index in [1.54, 1.807) is 6.92 Å². The Morgan fingerprint density at radius 3 is 2.88 bits per heavy atom. The first-order chi connectivity index (χ1) is 8.04. The van der Waals surface area contributed by atoms with Crippen LogP contribution in [0.3, 0.4) is 0 Å². The molecule has 1 N–H and O–H groups in total. The number of likely N-dealkylation sites (N-methyl/N-ethyl adjacent to an activating group) is 1. The lowest BCUT2D eigenvalue weighted by atomic mass is 9.98. The van der Waals surface area contributed by atoms with Crippen molar-refractivity contribution in [2.24, 2.45) is 0 Å². The number of carbonyl (C=O) groups is 1. The monoisotopic (exact) mass is 233 g/mol. The van der Waals surface area contributed by atoms with Gasteiger partial charge in [-0.1, -0.05) is 12.1 Å². The first-order valence-electron chi connectivity index (χ1n) is 6.16. The lowest BCUT2D eigenvalue weighted by molar-refractivity contribution is -0.138. The number of anilines is 1. The quantitative estimate of drug-likeness (QED) is 0.872. The van der Waals surface area contributed by atoms with Gasteiger partial charge in [-0.3, -0.25) is 4.79 Å². The first kappa shape index (κ1) is 12.0. The average Bonchev–Trinajstić information content (AvgIpc) is 2.62. The van der Waals surface area contributed by atoms with E-state index >= 15 is 0 Å². The fourth-order valence-electron chi connectivity index (χ4n) is 2.58. The van der Waals surface area contributed by atoms with Gasteiger partial charge in [-0.2, -0.15) is 0 Å². The van der Waals surface area contributed by atoms with Crippen LogP contribution < -0.4 is 4.90 Å². The molecule has 1 aliphatic rings. The molecule has 0 saturated heterocycles. The Bertz CT molecular complexity index is 442. The summed E-state index contributed by atoms with van der Waals surface area (Å²) in [6.07, 6.45) is 1.06. The Morgan fingerprint density at radius 2 is 2.29 bits per heavy atom. The largest absolute Gasteiger partial charge is 0.481 e. The van der Waals surface area contributed by atoms with Gasteiger partial charge in [0.05, 0.1) is 5.92 Å². The van der Waals surface area contributed by atoms with Crippen molar-refractivity contribution in [1.82, 2.24) is 0 Å². The molecule has 0 aromatic heterocycles. The normalized spacial score (nSPS) is 20.2. The molecule has 1 aromatic rings. The molecule has 2 rings (SSSR count). The van der Waals surface area contributed by atoms with Crippen molar-refractivity contribution >= 4 is 11.7 Å². The molecule has 0 spiro atoms. The molecule has 0 bridgehead atoms. The molecule has 0 fully saturated rings. The van der Waals surface area contributed by atoms with Gasteiger partial charge in [-0.15, -0.1) is 0 Å². The Hall–Kier alpha value is -1.51. The number of rotatable bonds is 3. The molecule has 92 valence electrons. The van der Waals surface area contributed by atoms with E-state index in [1.165, 1.54) is 11.3 Å². The van der Waals surface area contributed by atoms with Gasteiger partial charge in [-0.05, 0) is 44.4 Å². The highest BCUT2D eigenvalue weighted by molar-refractivity contribution is 5.76. The van der Waals surface area contributed by atoms with E-state index in [1.807, 2.05) is 12.1 Å². The third-order valence-electron chi connectivity index (χ3n) is 3.68. The molecule has 0 aliphatic carbocycles. The number of hydrogen-bond acceptors (Lipinski definition) is 2. The van der Waals surface area contributed by atoms with Gasteiger partial charge in [0.1, 0.15) is 0 Å². The number of nitrogens with zero attached hydrogens (tertiary/aromatic N) is 1. The smallest absolute Gasteiger partial charge is 0.310 e. The zero-order chi connectivity index (χ0) is 12.6. The number of fused-ring (bicyclic) bond motifs is 1. The Kier molecular flexibility index (Phi) is 3.09. The van der Waals surface area contributed by atoms with Crippen LogP contribution in [0, 0.1) is 0 Å². The second-order valence-corrected chi connectivity index (χ2v) is 4.79. The summed E-state index contributed by atoms with van der Waals surface area (Å²) in [5.74, 6) is -1.20. The van der Waals surface area contributed by atoms with E-state index in [4.69, 9.17) is 5.11 Å². The molecule has 3 nitrogen and oxygen atoms in total. The molecule has 0 saturated carbocycles. The highest BCUT2D eigenvalue weighted by Gasteiger charge is 2.26. The maximum absolute atomic E-state index is 11.0. The van der Waals surface area contributed by atoms with E-state index in [-0.39, 0.29) is 0 Å². The number of benzene rings is 1. The van der Waals surface area contributed by atoms with Crippen LogP contribution in [0.15, 0.2) is 18.2 Å². The third kappa shape index (κ3) is 2.02.